The Kier molecular flexibility index (Phi) is 6.27. The highest BCUT2D eigenvalue weighted by atomic mass is 16.6. The number of aliphatic hydroxyl groups is 1. The smallest absolute Gasteiger partial charge is 0.429 e. The maximum atomic E-state index is 12.4. The molecular weight excluding hydrogens is 300 g/mol. The van der Waals surface area contributed by atoms with E-state index < -0.39 is 29.5 Å². The first-order chi connectivity index (χ1) is 10.4. The molecule has 0 aromatic carbocycles. The van der Waals surface area contributed by atoms with E-state index in [4.69, 9.17) is 9.47 Å². The number of nitrogens with one attached hydrogen (secondary N) is 1. The number of aliphatic hydroxyl groups excluding tert-OH is 1. The summed E-state index contributed by atoms with van der Waals surface area (Å²) in [5, 5.41) is 11.0. The molecule has 0 heterocycles. The Morgan fingerprint density at radius 1 is 1.04 bits per heavy atom. The molecule has 1 saturated carbocycles. The van der Waals surface area contributed by atoms with Gasteiger partial charge < -0.3 is 14.6 Å². The number of ether oxygens (including phenoxy) is 2. The van der Waals surface area contributed by atoms with Gasteiger partial charge in [0.05, 0.1) is 12.1 Å². The molecule has 0 aromatic heterocycles. The minimum Gasteiger partial charge on any atom is -0.443 e. The van der Waals surface area contributed by atoms with Gasteiger partial charge in [0.1, 0.15) is 11.2 Å². The molecule has 1 aliphatic carbocycles. The average Bonchev–Trinajstić information content (AvgIpc) is 2.31. The second-order valence-corrected chi connectivity index (χ2v) is 7.94. The molecule has 2 amide bonds. The van der Waals surface area contributed by atoms with E-state index in [0.29, 0.717) is 19.3 Å². The fourth-order valence-corrected chi connectivity index (χ4v) is 2.37. The minimum absolute atomic E-state index is 0.318. The van der Waals surface area contributed by atoms with E-state index in [1.807, 2.05) is 0 Å². The van der Waals surface area contributed by atoms with Gasteiger partial charge in [0.15, 0.2) is 0 Å². The second-order valence-electron chi connectivity index (χ2n) is 7.94. The van der Waals surface area contributed by atoms with Gasteiger partial charge in [0, 0.05) is 0 Å². The van der Waals surface area contributed by atoms with Crippen molar-refractivity contribution in [2.24, 2.45) is 0 Å². The molecule has 2 N–H and O–H groups in total. The van der Waals surface area contributed by atoms with E-state index in [9.17, 15) is 14.7 Å². The van der Waals surface area contributed by atoms with Crippen molar-refractivity contribution in [3.8, 4) is 0 Å². The molecule has 0 radical (unpaired) electrons. The largest absolute Gasteiger partial charge is 0.443 e. The lowest BCUT2D eigenvalue weighted by molar-refractivity contribution is -0.0229. The summed E-state index contributed by atoms with van der Waals surface area (Å²) in [5.41, 5.74) is 1.12. The highest BCUT2D eigenvalue weighted by Crippen LogP contribution is 2.24. The monoisotopic (exact) mass is 330 g/mol. The van der Waals surface area contributed by atoms with Gasteiger partial charge in [-0.1, -0.05) is 0 Å². The van der Waals surface area contributed by atoms with Gasteiger partial charge in [-0.15, -0.1) is 0 Å². The van der Waals surface area contributed by atoms with Crippen molar-refractivity contribution in [1.82, 2.24) is 10.4 Å². The topological polar surface area (TPSA) is 88.1 Å². The summed E-state index contributed by atoms with van der Waals surface area (Å²) in [6.07, 6.45) is 0.706. The third kappa shape index (κ3) is 7.54. The first-order valence-corrected chi connectivity index (χ1v) is 8.07. The summed E-state index contributed by atoms with van der Waals surface area (Å²) in [6, 6.07) is -0.318. The van der Waals surface area contributed by atoms with Crippen molar-refractivity contribution < 1.29 is 24.2 Å². The van der Waals surface area contributed by atoms with E-state index in [2.05, 4.69) is 5.43 Å². The van der Waals surface area contributed by atoms with Crippen molar-refractivity contribution in [3.05, 3.63) is 0 Å². The number of nitrogens with zero attached hydrogens (tertiary/aromatic N) is 1. The third-order valence-electron chi connectivity index (χ3n) is 3.18. The van der Waals surface area contributed by atoms with Crippen LogP contribution in [0.5, 0.6) is 0 Å². The number of amides is 2. The second kappa shape index (κ2) is 7.38. The predicted octanol–water partition coefficient (Wildman–Crippen LogP) is 2.97. The van der Waals surface area contributed by atoms with Gasteiger partial charge in [-0.25, -0.2) is 20.0 Å². The highest BCUT2D eigenvalue weighted by Gasteiger charge is 2.34. The summed E-state index contributed by atoms with van der Waals surface area (Å²) in [5.74, 6) is 0. The van der Waals surface area contributed by atoms with Crippen LogP contribution in [0, 0.1) is 0 Å². The van der Waals surface area contributed by atoms with E-state index in [1.165, 1.54) is 0 Å². The molecule has 0 saturated heterocycles. The van der Waals surface area contributed by atoms with Crippen LogP contribution in [0.2, 0.25) is 0 Å². The van der Waals surface area contributed by atoms with E-state index in [1.54, 1.807) is 41.5 Å². The van der Waals surface area contributed by atoms with Crippen LogP contribution in [0.4, 0.5) is 9.59 Å². The fraction of sp³-hybridized carbons (Fsp3) is 0.875. The van der Waals surface area contributed by atoms with Crippen molar-refractivity contribution >= 4 is 12.2 Å². The Morgan fingerprint density at radius 3 is 2.09 bits per heavy atom. The van der Waals surface area contributed by atoms with Crippen molar-refractivity contribution in [1.29, 1.82) is 0 Å². The summed E-state index contributed by atoms with van der Waals surface area (Å²) in [7, 11) is 0. The predicted molar refractivity (Wildman–Crippen MR) is 85.7 cm³/mol. The Bertz CT molecular complexity index is 425. The van der Waals surface area contributed by atoms with Crippen LogP contribution >= 0.6 is 0 Å². The number of rotatable bonds is 1. The molecule has 0 spiro atoms. The van der Waals surface area contributed by atoms with Gasteiger partial charge in [-0.2, -0.15) is 0 Å². The molecule has 0 bridgehead atoms. The maximum Gasteiger partial charge on any atom is 0.429 e. The minimum atomic E-state index is -0.719. The molecule has 134 valence electrons. The van der Waals surface area contributed by atoms with E-state index >= 15 is 0 Å². The van der Waals surface area contributed by atoms with Crippen molar-refractivity contribution in [2.75, 3.05) is 0 Å². The SMILES string of the molecule is CC(C)(C)OC(=O)NN(C(=O)OC(C)(C)C)C1CCCC(O)C1. The molecule has 7 heteroatoms. The van der Waals surface area contributed by atoms with Crippen LogP contribution in [-0.2, 0) is 9.47 Å². The Hall–Kier alpha value is -1.50. The third-order valence-corrected chi connectivity index (χ3v) is 3.18. The van der Waals surface area contributed by atoms with Crippen LogP contribution in [0.25, 0.3) is 0 Å². The molecule has 0 aliphatic heterocycles. The lowest BCUT2D eigenvalue weighted by Crippen LogP contribution is -2.55. The molecule has 0 aromatic rings. The van der Waals surface area contributed by atoms with Crippen molar-refractivity contribution in [3.63, 3.8) is 0 Å². The molecule has 1 fully saturated rings. The molecular formula is C16H30N2O5. The number of carbonyl (C=O) groups is 2. The van der Waals surface area contributed by atoms with Gasteiger partial charge in [0.25, 0.3) is 0 Å². The summed E-state index contributed by atoms with van der Waals surface area (Å²) < 4.78 is 10.6. The normalized spacial score (nSPS) is 22.2. The number of carbonyl (C=O) groups excluding carboxylic acids is 2. The van der Waals surface area contributed by atoms with Gasteiger partial charge in [-0.3, -0.25) is 0 Å². The fourth-order valence-electron chi connectivity index (χ4n) is 2.37. The zero-order chi connectivity index (χ0) is 17.8. The van der Waals surface area contributed by atoms with Crippen molar-refractivity contribution in [2.45, 2.75) is 90.6 Å². The number of hydrogen-bond acceptors (Lipinski definition) is 5. The molecule has 7 nitrogen and oxygen atoms in total. The quantitative estimate of drug-likeness (QED) is 0.722. The highest BCUT2D eigenvalue weighted by molar-refractivity contribution is 5.74. The molecule has 1 aliphatic rings. The zero-order valence-corrected chi connectivity index (χ0v) is 15.0. The van der Waals surface area contributed by atoms with Gasteiger partial charge >= 0.3 is 12.2 Å². The Balaban J connectivity index is 2.83. The van der Waals surface area contributed by atoms with Crippen LogP contribution in [0.1, 0.15) is 67.2 Å². The zero-order valence-electron chi connectivity index (χ0n) is 15.0. The summed E-state index contributed by atoms with van der Waals surface area (Å²) in [6.45, 7) is 10.5. The Labute approximate surface area is 138 Å². The van der Waals surface area contributed by atoms with Gasteiger partial charge in [0.2, 0.25) is 0 Å². The number of hydrogen-bond donors (Lipinski definition) is 2. The molecule has 2 unspecified atom stereocenters. The van der Waals surface area contributed by atoms with Crippen LogP contribution in [0.3, 0.4) is 0 Å². The van der Waals surface area contributed by atoms with E-state index in [0.717, 1.165) is 11.4 Å². The first-order valence-electron chi connectivity index (χ1n) is 8.07. The average molecular weight is 330 g/mol. The Morgan fingerprint density at radius 2 is 1.61 bits per heavy atom. The van der Waals surface area contributed by atoms with E-state index in [-0.39, 0.29) is 6.04 Å². The summed E-state index contributed by atoms with van der Waals surface area (Å²) >= 11 is 0. The lowest BCUT2D eigenvalue weighted by atomic mass is 9.93. The summed E-state index contributed by atoms with van der Waals surface area (Å²) in [4.78, 5) is 24.4. The van der Waals surface area contributed by atoms with Crippen LogP contribution in [0.15, 0.2) is 0 Å². The molecule has 1 rings (SSSR count). The maximum absolute atomic E-state index is 12.4. The molecule has 2 atom stereocenters. The van der Waals surface area contributed by atoms with Gasteiger partial charge in [-0.05, 0) is 67.2 Å². The molecule has 23 heavy (non-hydrogen) atoms. The van der Waals surface area contributed by atoms with Crippen LogP contribution in [-0.4, -0.2) is 45.6 Å². The standard InChI is InChI=1S/C16H30N2O5/c1-15(2,3)22-13(20)17-18(14(21)23-16(4,5)6)11-8-7-9-12(19)10-11/h11-12,19H,7-10H2,1-6H3,(H,17,20). The lowest BCUT2D eigenvalue weighted by Gasteiger charge is -2.36. The van der Waals surface area contributed by atoms with Crippen LogP contribution < -0.4 is 5.43 Å². The first kappa shape index (κ1) is 19.5. The number of hydrazine groups is 1.